The highest BCUT2D eigenvalue weighted by Gasteiger charge is 2.19. The van der Waals surface area contributed by atoms with E-state index in [-0.39, 0.29) is 23.6 Å². The van der Waals surface area contributed by atoms with Crippen molar-refractivity contribution in [1.82, 2.24) is 4.90 Å². The number of amides is 1. The Balaban J connectivity index is 3.02. The first kappa shape index (κ1) is 15.1. The fourth-order valence-corrected chi connectivity index (χ4v) is 1.95. The second kappa shape index (κ2) is 6.85. The lowest BCUT2D eigenvalue weighted by Gasteiger charge is -2.19. The lowest BCUT2D eigenvalue weighted by atomic mass is 10.1. The molecule has 0 bridgehead atoms. The zero-order valence-electron chi connectivity index (χ0n) is 10.3. The average Bonchev–Trinajstić information content (AvgIpc) is 2.39. The maximum atomic E-state index is 12.1. The van der Waals surface area contributed by atoms with Crippen molar-refractivity contribution in [3.63, 3.8) is 0 Å². The van der Waals surface area contributed by atoms with Crippen molar-refractivity contribution in [2.24, 2.45) is 0 Å². The fourth-order valence-electron chi connectivity index (χ4n) is 1.56. The lowest BCUT2D eigenvalue weighted by Crippen LogP contribution is -2.31. The van der Waals surface area contributed by atoms with Gasteiger partial charge >= 0.3 is 0 Å². The van der Waals surface area contributed by atoms with Crippen molar-refractivity contribution in [2.45, 2.75) is 13.3 Å². The number of nitro benzene ring substituents is 1. The van der Waals surface area contributed by atoms with Gasteiger partial charge in [0.05, 0.1) is 21.9 Å². The summed E-state index contributed by atoms with van der Waals surface area (Å²) >= 11 is 3.07. The lowest BCUT2D eigenvalue weighted by molar-refractivity contribution is -0.385. The number of halogens is 1. The normalized spacial score (nSPS) is 9.74. The van der Waals surface area contributed by atoms with E-state index in [4.69, 9.17) is 5.26 Å². The van der Waals surface area contributed by atoms with Crippen molar-refractivity contribution < 1.29 is 9.72 Å². The molecule has 0 spiro atoms. The van der Waals surface area contributed by atoms with Crippen LogP contribution in [-0.4, -0.2) is 28.8 Å². The number of benzene rings is 1. The molecule has 1 rings (SSSR count). The summed E-state index contributed by atoms with van der Waals surface area (Å²) in [6.45, 7) is 2.56. The topological polar surface area (TPSA) is 87.2 Å². The molecule has 0 saturated heterocycles. The molecule has 19 heavy (non-hydrogen) atoms. The molecule has 0 N–H and O–H groups in total. The Labute approximate surface area is 118 Å². The summed E-state index contributed by atoms with van der Waals surface area (Å²) in [7, 11) is 0. The highest BCUT2D eigenvalue weighted by Crippen LogP contribution is 2.26. The van der Waals surface area contributed by atoms with Crippen LogP contribution in [0, 0.1) is 21.4 Å². The standard InChI is InChI=1S/C12H12BrN3O3/c1-2-15(7-3-6-14)12(17)9-4-5-10(13)11(8-9)16(18)19/h4-5,8H,2-3,7H2,1H3. The molecule has 100 valence electrons. The van der Waals surface area contributed by atoms with Gasteiger partial charge in [0.15, 0.2) is 0 Å². The Bertz CT molecular complexity index is 540. The number of carbonyl (C=O) groups excluding carboxylic acids is 1. The molecule has 7 heteroatoms. The van der Waals surface area contributed by atoms with Crippen LogP contribution < -0.4 is 0 Å². The van der Waals surface area contributed by atoms with Crippen molar-refractivity contribution in [2.75, 3.05) is 13.1 Å². The van der Waals surface area contributed by atoms with E-state index in [1.54, 1.807) is 6.92 Å². The second-order valence-corrected chi connectivity index (χ2v) is 4.57. The smallest absolute Gasteiger partial charge is 0.284 e. The Morgan fingerprint density at radius 1 is 1.58 bits per heavy atom. The number of hydrogen-bond donors (Lipinski definition) is 0. The van der Waals surface area contributed by atoms with E-state index in [0.29, 0.717) is 17.6 Å². The second-order valence-electron chi connectivity index (χ2n) is 3.72. The number of nitriles is 1. The minimum Gasteiger partial charge on any atom is -0.338 e. The average molecular weight is 326 g/mol. The van der Waals surface area contributed by atoms with Crippen LogP contribution in [0.5, 0.6) is 0 Å². The van der Waals surface area contributed by atoms with Crippen LogP contribution in [0.2, 0.25) is 0 Å². The van der Waals surface area contributed by atoms with Crippen molar-refractivity contribution in [3.05, 3.63) is 38.3 Å². The Morgan fingerprint density at radius 2 is 2.26 bits per heavy atom. The third-order valence-corrected chi connectivity index (χ3v) is 3.22. The van der Waals surface area contributed by atoms with Crippen LogP contribution in [0.1, 0.15) is 23.7 Å². The minimum atomic E-state index is -0.549. The van der Waals surface area contributed by atoms with Crippen molar-refractivity contribution in [3.8, 4) is 6.07 Å². The van der Waals surface area contributed by atoms with Gasteiger partial charge in [0.2, 0.25) is 0 Å². The van der Waals surface area contributed by atoms with Crippen LogP contribution in [0.4, 0.5) is 5.69 Å². The molecular weight excluding hydrogens is 314 g/mol. The van der Waals surface area contributed by atoms with E-state index >= 15 is 0 Å². The van der Waals surface area contributed by atoms with E-state index in [2.05, 4.69) is 15.9 Å². The van der Waals surface area contributed by atoms with Gasteiger partial charge in [0.1, 0.15) is 0 Å². The van der Waals surface area contributed by atoms with Gasteiger partial charge in [-0.2, -0.15) is 5.26 Å². The van der Waals surface area contributed by atoms with Gasteiger partial charge in [0, 0.05) is 24.7 Å². The first-order valence-corrected chi connectivity index (χ1v) is 6.40. The first-order valence-electron chi connectivity index (χ1n) is 5.61. The zero-order valence-corrected chi connectivity index (χ0v) is 11.9. The summed E-state index contributed by atoms with van der Waals surface area (Å²) < 4.78 is 0.328. The molecule has 0 heterocycles. The minimum absolute atomic E-state index is 0.151. The predicted molar refractivity (Wildman–Crippen MR) is 72.6 cm³/mol. The molecule has 0 fully saturated rings. The molecule has 1 amide bonds. The zero-order chi connectivity index (χ0) is 14.4. The summed E-state index contributed by atoms with van der Waals surface area (Å²) in [6.07, 6.45) is 0.234. The third-order valence-electron chi connectivity index (χ3n) is 2.55. The Kier molecular flexibility index (Phi) is 5.45. The van der Waals surface area contributed by atoms with Crippen LogP contribution in [-0.2, 0) is 0 Å². The first-order chi connectivity index (χ1) is 9.01. The summed E-state index contributed by atoms with van der Waals surface area (Å²) in [5.41, 5.74) is 0.0943. The Morgan fingerprint density at radius 3 is 2.79 bits per heavy atom. The SMILES string of the molecule is CCN(CCC#N)C(=O)c1ccc(Br)c([N+](=O)[O-])c1. The molecule has 6 nitrogen and oxygen atoms in total. The van der Waals surface area contributed by atoms with Gasteiger partial charge in [0.25, 0.3) is 11.6 Å². The molecule has 0 unspecified atom stereocenters. The Hall–Kier alpha value is -1.94. The molecule has 0 saturated carbocycles. The molecule has 0 radical (unpaired) electrons. The van der Waals surface area contributed by atoms with E-state index in [0.717, 1.165) is 0 Å². The van der Waals surface area contributed by atoms with E-state index < -0.39 is 4.92 Å². The molecule has 0 aliphatic heterocycles. The molecule has 1 aromatic carbocycles. The third kappa shape index (κ3) is 3.76. The summed E-state index contributed by atoms with van der Waals surface area (Å²) in [5.74, 6) is -0.312. The maximum absolute atomic E-state index is 12.1. The van der Waals surface area contributed by atoms with Gasteiger partial charge in [-0.25, -0.2) is 0 Å². The van der Waals surface area contributed by atoms with Crippen molar-refractivity contribution >= 4 is 27.5 Å². The summed E-state index contributed by atoms with van der Waals surface area (Å²) in [4.78, 5) is 23.9. The fraction of sp³-hybridized carbons (Fsp3) is 0.333. The maximum Gasteiger partial charge on any atom is 0.284 e. The summed E-state index contributed by atoms with van der Waals surface area (Å²) in [5, 5.41) is 19.3. The highest BCUT2D eigenvalue weighted by molar-refractivity contribution is 9.10. The van der Waals surface area contributed by atoms with Crippen LogP contribution >= 0.6 is 15.9 Å². The van der Waals surface area contributed by atoms with Gasteiger partial charge in [-0.1, -0.05) is 0 Å². The largest absolute Gasteiger partial charge is 0.338 e. The van der Waals surface area contributed by atoms with Gasteiger partial charge in [-0.3, -0.25) is 14.9 Å². The van der Waals surface area contributed by atoms with Crippen LogP contribution in [0.25, 0.3) is 0 Å². The number of rotatable bonds is 5. The van der Waals surface area contributed by atoms with Gasteiger partial charge < -0.3 is 4.90 Å². The quantitative estimate of drug-likeness (QED) is 0.615. The molecule has 1 aromatic rings. The monoisotopic (exact) mass is 325 g/mol. The highest BCUT2D eigenvalue weighted by atomic mass is 79.9. The number of carbonyl (C=O) groups is 1. The van der Waals surface area contributed by atoms with Gasteiger partial charge in [-0.15, -0.1) is 0 Å². The molecule has 0 aromatic heterocycles. The van der Waals surface area contributed by atoms with Crippen LogP contribution in [0.3, 0.4) is 0 Å². The van der Waals surface area contributed by atoms with Crippen molar-refractivity contribution in [1.29, 1.82) is 5.26 Å². The molecule has 0 atom stereocenters. The molecule has 0 aliphatic rings. The molecular formula is C12H12BrN3O3. The van der Waals surface area contributed by atoms with Crippen LogP contribution in [0.15, 0.2) is 22.7 Å². The number of hydrogen-bond acceptors (Lipinski definition) is 4. The number of nitro groups is 1. The van der Waals surface area contributed by atoms with Gasteiger partial charge in [-0.05, 0) is 35.0 Å². The number of nitrogens with zero attached hydrogens (tertiary/aromatic N) is 3. The van der Waals surface area contributed by atoms with E-state index in [1.165, 1.54) is 23.1 Å². The predicted octanol–water partition coefficient (Wildman–Crippen LogP) is 2.73. The molecule has 0 aliphatic carbocycles. The summed E-state index contributed by atoms with van der Waals surface area (Å²) in [6, 6.07) is 6.20. The van der Waals surface area contributed by atoms with E-state index in [1.807, 2.05) is 6.07 Å². The van der Waals surface area contributed by atoms with E-state index in [9.17, 15) is 14.9 Å².